The summed E-state index contributed by atoms with van der Waals surface area (Å²) in [5.41, 5.74) is 3.71. The topological polar surface area (TPSA) is 111 Å². The molecule has 1 heterocycles. The number of hydrogen-bond donors (Lipinski definition) is 1. The van der Waals surface area contributed by atoms with Gasteiger partial charge in [-0.05, 0) is 30.7 Å². The molecule has 0 fully saturated rings. The summed E-state index contributed by atoms with van der Waals surface area (Å²) in [5, 5.41) is 21.3. The molecule has 4 aromatic rings. The number of aliphatic imine (C=N–C) groups is 1. The maximum absolute atomic E-state index is 11.1. The van der Waals surface area contributed by atoms with Crippen molar-refractivity contribution in [2.75, 3.05) is 7.11 Å². The number of aromatic hydroxyl groups is 1. The van der Waals surface area contributed by atoms with Crippen molar-refractivity contribution >= 4 is 28.7 Å². The lowest BCUT2D eigenvalue weighted by atomic mass is 10.1. The largest absolute Gasteiger partial charge is 0.504 e. The Morgan fingerprint density at radius 1 is 1.20 bits per heavy atom. The van der Waals surface area contributed by atoms with Crippen molar-refractivity contribution in [3.63, 3.8) is 0 Å². The van der Waals surface area contributed by atoms with Gasteiger partial charge in [-0.1, -0.05) is 18.2 Å². The van der Waals surface area contributed by atoms with Crippen LogP contribution in [0.25, 0.3) is 22.6 Å². The molecule has 0 atom stereocenters. The number of methoxy groups -OCH3 is 1. The van der Waals surface area contributed by atoms with Crippen molar-refractivity contribution in [2.45, 2.75) is 6.92 Å². The molecular formula is C22H17N3O5. The summed E-state index contributed by atoms with van der Waals surface area (Å²) in [6.45, 7) is 1.99. The number of ether oxygens (including phenoxy) is 1. The molecule has 0 aliphatic rings. The van der Waals surface area contributed by atoms with E-state index in [0.29, 0.717) is 22.7 Å². The molecule has 30 heavy (non-hydrogen) atoms. The molecule has 0 unspecified atom stereocenters. The van der Waals surface area contributed by atoms with Crippen molar-refractivity contribution in [1.82, 2.24) is 4.98 Å². The fraction of sp³-hybridized carbons (Fsp3) is 0.0909. The number of nitro groups is 1. The number of rotatable bonds is 5. The van der Waals surface area contributed by atoms with Crippen LogP contribution in [0.5, 0.6) is 11.5 Å². The maximum Gasteiger partial charge on any atom is 0.274 e. The lowest BCUT2D eigenvalue weighted by Gasteiger charge is -2.05. The second-order valence-electron chi connectivity index (χ2n) is 6.59. The molecule has 0 saturated carbocycles. The Hall–Kier alpha value is -4.20. The summed E-state index contributed by atoms with van der Waals surface area (Å²) in [7, 11) is 1.32. The lowest BCUT2D eigenvalue weighted by molar-refractivity contribution is -0.385. The number of nitro benzene ring substituents is 1. The third-order valence-corrected chi connectivity index (χ3v) is 4.62. The molecule has 0 radical (unpaired) electrons. The van der Waals surface area contributed by atoms with Gasteiger partial charge in [0.05, 0.1) is 23.8 Å². The van der Waals surface area contributed by atoms with Crippen LogP contribution in [-0.4, -0.2) is 28.3 Å². The molecule has 4 rings (SSSR count). The van der Waals surface area contributed by atoms with Gasteiger partial charge in [0.25, 0.3) is 5.69 Å². The van der Waals surface area contributed by atoms with E-state index in [4.69, 9.17) is 9.15 Å². The minimum Gasteiger partial charge on any atom is -0.504 e. The molecule has 8 heteroatoms. The van der Waals surface area contributed by atoms with E-state index >= 15 is 0 Å². The fourth-order valence-electron chi connectivity index (χ4n) is 3.04. The molecule has 0 aliphatic heterocycles. The molecule has 3 aromatic carbocycles. The first-order valence-corrected chi connectivity index (χ1v) is 9.02. The lowest BCUT2D eigenvalue weighted by Crippen LogP contribution is -1.94. The van der Waals surface area contributed by atoms with Crippen LogP contribution in [0, 0.1) is 17.0 Å². The molecule has 0 amide bonds. The zero-order chi connectivity index (χ0) is 21.3. The van der Waals surface area contributed by atoms with Crippen molar-refractivity contribution in [1.29, 1.82) is 0 Å². The number of aryl methyl sites for hydroxylation is 1. The van der Waals surface area contributed by atoms with Crippen molar-refractivity contribution in [3.05, 3.63) is 75.8 Å². The molecular weight excluding hydrogens is 386 g/mol. The van der Waals surface area contributed by atoms with Crippen LogP contribution in [0.1, 0.15) is 11.1 Å². The molecule has 1 N–H and O–H groups in total. The molecule has 0 spiro atoms. The molecule has 1 aromatic heterocycles. The van der Waals surface area contributed by atoms with E-state index in [2.05, 4.69) is 9.98 Å². The van der Waals surface area contributed by atoms with Gasteiger partial charge in [0.2, 0.25) is 5.89 Å². The van der Waals surface area contributed by atoms with Crippen LogP contribution in [0.15, 0.2) is 64.0 Å². The summed E-state index contributed by atoms with van der Waals surface area (Å²) in [4.78, 5) is 19.4. The second-order valence-corrected chi connectivity index (χ2v) is 6.59. The van der Waals surface area contributed by atoms with Crippen LogP contribution >= 0.6 is 0 Å². The SMILES string of the molecule is COc1cc([N+](=O)[O-])cc(C=Nc2ccc3nc(-c4ccccc4C)oc3c2)c1O. The number of non-ortho nitro benzene ring substituents is 1. The predicted octanol–water partition coefficient (Wildman–Crippen LogP) is 5.18. The monoisotopic (exact) mass is 403 g/mol. The number of aromatic nitrogens is 1. The van der Waals surface area contributed by atoms with E-state index in [1.807, 2.05) is 31.2 Å². The van der Waals surface area contributed by atoms with E-state index < -0.39 is 4.92 Å². The van der Waals surface area contributed by atoms with Gasteiger partial charge in [0.1, 0.15) is 5.52 Å². The minimum atomic E-state index is -0.563. The Labute approximate surface area is 171 Å². The van der Waals surface area contributed by atoms with Crippen molar-refractivity contribution in [3.8, 4) is 23.0 Å². The highest BCUT2D eigenvalue weighted by molar-refractivity contribution is 5.89. The number of benzene rings is 3. The second kappa shape index (κ2) is 7.67. The first kappa shape index (κ1) is 19.1. The Balaban J connectivity index is 1.69. The van der Waals surface area contributed by atoms with Crippen molar-refractivity contribution in [2.24, 2.45) is 4.99 Å². The summed E-state index contributed by atoms with van der Waals surface area (Å²) < 4.78 is 10.9. The van der Waals surface area contributed by atoms with Crippen LogP contribution < -0.4 is 4.74 Å². The summed E-state index contributed by atoms with van der Waals surface area (Å²) in [6, 6.07) is 15.4. The highest BCUT2D eigenvalue weighted by atomic mass is 16.6. The number of fused-ring (bicyclic) bond motifs is 1. The van der Waals surface area contributed by atoms with Gasteiger partial charge in [-0.2, -0.15) is 0 Å². The number of nitrogens with zero attached hydrogens (tertiary/aromatic N) is 3. The molecule has 150 valence electrons. The Kier molecular flexibility index (Phi) is 4.89. The minimum absolute atomic E-state index is 0.000732. The maximum atomic E-state index is 11.1. The van der Waals surface area contributed by atoms with E-state index in [-0.39, 0.29) is 22.7 Å². The average Bonchev–Trinajstić information content (AvgIpc) is 3.16. The summed E-state index contributed by atoms with van der Waals surface area (Å²) >= 11 is 0. The zero-order valence-electron chi connectivity index (χ0n) is 16.2. The number of phenolic OH excluding ortho intramolecular Hbond substituents is 1. The smallest absolute Gasteiger partial charge is 0.274 e. The zero-order valence-corrected chi connectivity index (χ0v) is 16.2. The standard InChI is InChI=1S/C22H17N3O5/c1-13-5-3-4-6-17(13)22-24-18-8-7-15(10-19(18)30-22)23-12-14-9-16(25(27)28)11-20(29-2)21(14)26/h3-12,26H,1-2H3. The van der Waals surface area contributed by atoms with Gasteiger partial charge in [-0.25, -0.2) is 4.98 Å². The van der Waals surface area contributed by atoms with E-state index in [1.54, 1.807) is 18.2 Å². The third-order valence-electron chi connectivity index (χ3n) is 4.62. The Bertz CT molecular complexity index is 1290. The highest BCUT2D eigenvalue weighted by Gasteiger charge is 2.16. The first-order valence-electron chi connectivity index (χ1n) is 9.02. The van der Waals surface area contributed by atoms with Gasteiger partial charge < -0.3 is 14.3 Å². The number of oxazole rings is 1. The molecule has 8 nitrogen and oxygen atoms in total. The van der Waals surface area contributed by atoms with E-state index in [0.717, 1.165) is 17.2 Å². The van der Waals surface area contributed by atoms with Gasteiger partial charge in [-0.3, -0.25) is 15.1 Å². The first-order chi connectivity index (χ1) is 14.5. The summed E-state index contributed by atoms with van der Waals surface area (Å²) in [6.07, 6.45) is 1.34. The van der Waals surface area contributed by atoms with Gasteiger partial charge in [-0.15, -0.1) is 0 Å². The Morgan fingerprint density at radius 3 is 2.73 bits per heavy atom. The quantitative estimate of drug-likeness (QED) is 0.279. The summed E-state index contributed by atoms with van der Waals surface area (Å²) in [5.74, 6) is 0.291. The third kappa shape index (κ3) is 3.58. The van der Waals surface area contributed by atoms with Crippen LogP contribution in [0.2, 0.25) is 0 Å². The van der Waals surface area contributed by atoms with Gasteiger partial charge in [0, 0.05) is 29.5 Å². The van der Waals surface area contributed by atoms with Crippen LogP contribution in [0.3, 0.4) is 0 Å². The van der Waals surface area contributed by atoms with E-state index in [1.165, 1.54) is 19.4 Å². The average molecular weight is 403 g/mol. The van der Waals surface area contributed by atoms with Crippen LogP contribution in [0.4, 0.5) is 11.4 Å². The van der Waals surface area contributed by atoms with Crippen LogP contribution in [-0.2, 0) is 0 Å². The Morgan fingerprint density at radius 2 is 2.00 bits per heavy atom. The fourth-order valence-corrected chi connectivity index (χ4v) is 3.04. The molecule has 0 aliphatic carbocycles. The normalized spacial score (nSPS) is 11.3. The highest BCUT2D eigenvalue weighted by Crippen LogP contribution is 2.34. The van der Waals surface area contributed by atoms with E-state index in [9.17, 15) is 15.2 Å². The predicted molar refractivity (Wildman–Crippen MR) is 113 cm³/mol. The number of phenols is 1. The number of hydrogen-bond acceptors (Lipinski definition) is 7. The van der Waals surface area contributed by atoms with Gasteiger partial charge in [0.15, 0.2) is 17.1 Å². The molecule has 0 saturated heterocycles. The van der Waals surface area contributed by atoms with Gasteiger partial charge >= 0.3 is 0 Å². The molecule has 0 bridgehead atoms. The van der Waals surface area contributed by atoms with Crippen molar-refractivity contribution < 1.29 is 19.2 Å².